The molecule has 0 aliphatic heterocycles. The highest BCUT2D eigenvalue weighted by atomic mass is 16.5. The van der Waals surface area contributed by atoms with E-state index < -0.39 is 12.1 Å². The molecule has 1 atom stereocenters. The maximum atomic E-state index is 12.4. The van der Waals surface area contributed by atoms with Crippen LogP contribution in [0.1, 0.15) is 24.2 Å². The second-order valence-corrected chi connectivity index (χ2v) is 5.54. The molecule has 0 bridgehead atoms. The Hall–Kier alpha value is -3.15. The number of benzene rings is 2. The molecule has 0 aliphatic rings. The first-order chi connectivity index (χ1) is 11.9. The van der Waals surface area contributed by atoms with Crippen LogP contribution < -0.4 is 10.2 Å². The molecule has 2 amide bonds. The van der Waals surface area contributed by atoms with Crippen molar-refractivity contribution in [3.05, 3.63) is 60.2 Å². The first-order valence-corrected chi connectivity index (χ1v) is 7.79. The molecule has 2 rings (SSSR count). The van der Waals surface area contributed by atoms with Crippen LogP contribution in [0.25, 0.3) is 0 Å². The zero-order chi connectivity index (χ0) is 18.4. The summed E-state index contributed by atoms with van der Waals surface area (Å²) in [4.78, 5) is 37.0. The largest absolute Gasteiger partial charge is 0.449 e. The molecule has 0 radical (unpaired) electrons. The van der Waals surface area contributed by atoms with Crippen molar-refractivity contribution in [2.45, 2.75) is 20.0 Å². The van der Waals surface area contributed by atoms with Gasteiger partial charge in [-0.15, -0.1) is 0 Å². The van der Waals surface area contributed by atoms with E-state index in [1.807, 2.05) is 18.2 Å². The van der Waals surface area contributed by atoms with Crippen LogP contribution in [0.15, 0.2) is 54.6 Å². The number of rotatable bonds is 5. The predicted octanol–water partition coefficient (Wildman–Crippen LogP) is 2.85. The average Bonchev–Trinajstić information content (AvgIpc) is 2.61. The fraction of sp³-hybridized carbons (Fsp3) is 0.211. The molecule has 0 fully saturated rings. The summed E-state index contributed by atoms with van der Waals surface area (Å²) in [5, 5.41) is 2.61. The maximum Gasteiger partial charge on any atom is 0.338 e. The van der Waals surface area contributed by atoms with Gasteiger partial charge in [-0.25, -0.2) is 4.79 Å². The van der Waals surface area contributed by atoms with E-state index in [0.29, 0.717) is 11.3 Å². The van der Waals surface area contributed by atoms with E-state index in [9.17, 15) is 14.4 Å². The number of amides is 2. The summed E-state index contributed by atoms with van der Waals surface area (Å²) in [5.41, 5.74) is 1.60. The zero-order valence-electron chi connectivity index (χ0n) is 14.4. The molecule has 25 heavy (non-hydrogen) atoms. The van der Waals surface area contributed by atoms with Gasteiger partial charge in [-0.05, 0) is 43.3 Å². The first kappa shape index (κ1) is 18.2. The van der Waals surface area contributed by atoms with Gasteiger partial charge >= 0.3 is 5.97 Å². The van der Waals surface area contributed by atoms with Crippen LogP contribution in [0.3, 0.4) is 0 Å². The molecule has 130 valence electrons. The number of hydrogen-bond donors (Lipinski definition) is 1. The van der Waals surface area contributed by atoms with E-state index in [0.717, 1.165) is 5.69 Å². The second-order valence-electron chi connectivity index (χ2n) is 5.54. The lowest BCUT2D eigenvalue weighted by molar-refractivity contribution is -0.126. The van der Waals surface area contributed by atoms with Crippen molar-refractivity contribution < 1.29 is 19.1 Å². The van der Waals surface area contributed by atoms with Crippen molar-refractivity contribution in [3.8, 4) is 0 Å². The van der Waals surface area contributed by atoms with Gasteiger partial charge in [-0.1, -0.05) is 18.2 Å². The van der Waals surface area contributed by atoms with E-state index in [1.54, 1.807) is 31.3 Å². The van der Waals surface area contributed by atoms with Crippen molar-refractivity contribution in [1.82, 2.24) is 0 Å². The molecule has 0 saturated carbocycles. The summed E-state index contributed by atoms with van der Waals surface area (Å²) < 4.78 is 5.24. The zero-order valence-corrected chi connectivity index (χ0v) is 14.4. The third-order valence-corrected chi connectivity index (χ3v) is 3.55. The van der Waals surface area contributed by atoms with Crippen LogP contribution in [0, 0.1) is 0 Å². The maximum absolute atomic E-state index is 12.4. The molecule has 1 N–H and O–H groups in total. The van der Waals surface area contributed by atoms with Gasteiger partial charge < -0.3 is 15.0 Å². The Bertz CT molecular complexity index is 757. The molecular formula is C19H20N2O4. The normalized spacial score (nSPS) is 11.3. The fourth-order valence-corrected chi connectivity index (χ4v) is 2.22. The van der Waals surface area contributed by atoms with E-state index in [4.69, 9.17) is 4.74 Å². The van der Waals surface area contributed by atoms with Crippen LogP contribution in [0.4, 0.5) is 11.4 Å². The van der Waals surface area contributed by atoms with Gasteiger partial charge in [0.25, 0.3) is 5.91 Å². The summed E-state index contributed by atoms with van der Waals surface area (Å²) in [6.45, 7) is 2.93. The molecule has 1 unspecified atom stereocenters. The number of anilines is 2. The molecule has 0 aliphatic carbocycles. The summed E-state index contributed by atoms with van der Waals surface area (Å²) in [7, 11) is 1.63. The van der Waals surface area contributed by atoms with Gasteiger partial charge in [0.05, 0.1) is 5.56 Å². The molecule has 0 aromatic heterocycles. The molecule has 6 heteroatoms. The molecular weight excluding hydrogens is 320 g/mol. The van der Waals surface area contributed by atoms with E-state index in [2.05, 4.69) is 5.32 Å². The van der Waals surface area contributed by atoms with Gasteiger partial charge in [0.2, 0.25) is 5.91 Å². The summed E-state index contributed by atoms with van der Waals surface area (Å²) in [5.74, 6) is -1.12. The van der Waals surface area contributed by atoms with Crippen molar-refractivity contribution in [1.29, 1.82) is 0 Å². The lowest BCUT2D eigenvalue weighted by Crippen LogP contribution is -2.37. The SMILES string of the molecule is CC(=O)Nc1ccc(C(=O)OC(C)C(=O)N(C)c2ccccc2)cc1. The third kappa shape index (κ3) is 4.91. The average molecular weight is 340 g/mol. The standard InChI is InChI=1S/C19H20N2O4/c1-13(18(23)21(3)17-7-5-4-6-8-17)25-19(24)15-9-11-16(12-10-15)20-14(2)22/h4-13H,1-3H3,(H,20,22). The molecule has 0 saturated heterocycles. The van der Waals surface area contributed by atoms with Crippen LogP contribution in [-0.2, 0) is 14.3 Å². The Morgan fingerprint density at radius 2 is 1.60 bits per heavy atom. The molecule has 6 nitrogen and oxygen atoms in total. The fourth-order valence-electron chi connectivity index (χ4n) is 2.22. The summed E-state index contributed by atoms with van der Waals surface area (Å²) in [6, 6.07) is 15.4. The minimum Gasteiger partial charge on any atom is -0.449 e. The Kier molecular flexibility index (Phi) is 5.89. The van der Waals surface area contributed by atoms with Crippen molar-refractivity contribution in [2.24, 2.45) is 0 Å². The lowest BCUT2D eigenvalue weighted by Gasteiger charge is -2.21. The van der Waals surface area contributed by atoms with Crippen molar-refractivity contribution in [3.63, 3.8) is 0 Å². The number of esters is 1. The lowest BCUT2D eigenvalue weighted by atomic mass is 10.2. The Morgan fingerprint density at radius 3 is 2.16 bits per heavy atom. The highest BCUT2D eigenvalue weighted by Gasteiger charge is 2.23. The number of carbonyl (C=O) groups is 3. The number of para-hydroxylation sites is 1. The molecule has 2 aromatic carbocycles. The van der Waals surface area contributed by atoms with Gasteiger partial charge in [-0.3, -0.25) is 9.59 Å². The highest BCUT2D eigenvalue weighted by Crippen LogP contribution is 2.15. The molecule has 0 spiro atoms. The monoisotopic (exact) mass is 340 g/mol. The van der Waals surface area contributed by atoms with Gasteiger partial charge in [-0.2, -0.15) is 0 Å². The number of likely N-dealkylation sites (N-methyl/N-ethyl adjacent to an activating group) is 1. The predicted molar refractivity (Wildman–Crippen MR) is 95.5 cm³/mol. The number of ether oxygens (including phenoxy) is 1. The van der Waals surface area contributed by atoms with E-state index in [1.165, 1.54) is 30.9 Å². The Morgan fingerprint density at radius 1 is 1.00 bits per heavy atom. The van der Waals surface area contributed by atoms with E-state index >= 15 is 0 Å². The van der Waals surface area contributed by atoms with Gasteiger partial charge in [0.15, 0.2) is 6.10 Å². The quantitative estimate of drug-likeness (QED) is 0.849. The first-order valence-electron chi connectivity index (χ1n) is 7.79. The van der Waals surface area contributed by atoms with Crippen LogP contribution in [0.2, 0.25) is 0 Å². The van der Waals surface area contributed by atoms with E-state index in [-0.39, 0.29) is 11.8 Å². The minimum absolute atomic E-state index is 0.196. The molecule has 2 aromatic rings. The smallest absolute Gasteiger partial charge is 0.338 e. The number of carbonyl (C=O) groups excluding carboxylic acids is 3. The van der Waals surface area contributed by atoms with Gasteiger partial charge in [0, 0.05) is 25.3 Å². The Labute approximate surface area is 146 Å². The topological polar surface area (TPSA) is 75.7 Å². The van der Waals surface area contributed by atoms with Crippen LogP contribution in [-0.4, -0.2) is 30.9 Å². The third-order valence-electron chi connectivity index (χ3n) is 3.55. The van der Waals surface area contributed by atoms with Crippen molar-refractivity contribution in [2.75, 3.05) is 17.3 Å². The Balaban J connectivity index is 1.99. The number of hydrogen-bond acceptors (Lipinski definition) is 4. The summed E-state index contributed by atoms with van der Waals surface area (Å²) >= 11 is 0. The number of nitrogens with zero attached hydrogens (tertiary/aromatic N) is 1. The highest BCUT2D eigenvalue weighted by molar-refractivity contribution is 5.98. The molecule has 0 heterocycles. The van der Waals surface area contributed by atoms with Crippen LogP contribution >= 0.6 is 0 Å². The number of nitrogens with one attached hydrogen (secondary N) is 1. The summed E-state index contributed by atoms with van der Waals surface area (Å²) in [6.07, 6.45) is -0.923. The minimum atomic E-state index is -0.923. The second kappa shape index (κ2) is 8.10. The van der Waals surface area contributed by atoms with Gasteiger partial charge in [0.1, 0.15) is 0 Å². The van der Waals surface area contributed by atoms with Crippen molar-refractivity contribution >= 4 is 29.2 Å². The van der Waals surface area contributed by atoms with Crippen LogP contribution in [0.5, 0.6) is 0 Å².